The SMILES string of the molecule is CCOc1cccc(C2C3=CCC4C(=O)N(C5CCCCC5)C(=O)C4C3CC3=C2C(=O)C=C(Br)C3=O)c1O. The number of hydrogen-bond acceptors (Lipinski definition) is 6. The van der Waals surface area contributed by atoms with E-state index in [1.807, 2.05) is 13.0 Å². The summed E-state index contributed by atoms with van der Waals surface area (Å²) in [6, 6.07) is 5.10. The number of Topliss-reactive ketones (excluding diaryl/α,β-unsaturated/α-hetero) is 1. The van der Waals surface area contributed by atoms with Gasteiger partial charge in [-0.05, 0) is 60.5 Å². The van der Waals surface area contributed by atoms with Crippen molar-refractivity contribution in [3.05, 3.63) is 57.1 Å². The van der Waals surface area contributed by atoms with Gasteiger partial charge in [-0.1, -0.05) is 43.0 Å². The lowest BCUT2D eigenvalue weighted by Crippen LogP contribution is -2.43. The molecule has 2 amide bonds. The fourth-order valence-corrected chi connectivity index (χ4v) is 7.78. The van der Waals surface area contributed by atoms with Crippen LogP contribution < -0.4 is 4.74 Å². The Kier molecular flexibility index (Phi) is 6.41. The number of phenols is 1. The first-order valence-electron chi connectivity index (χ1n) is 13.5. The largest absolute Gasteiger partial charge is 0.504 e. The summed E-state index contributed by atoms with van der Waals surface area (Å²) in [5.41, 5.74) is 1.98. The number of ether oxygens (including phenoxy) is 1. The minimum Gasteiger partial charge on any atom is -0.504 e. The van der Waals surface area contributed by atoms with Crippen molar-refractivity contribution >= 4 is 39.3 Å². The molecular weight excluding hydrogens is 550 g/mol. The topological polar surface area (TPSA) is 101 Å². The van der Waals surface area contributed by atoms with Crippen molar-refractivity contribution in [3.8, 4) is 11.5 Å². The molecule has 198 valence electrons. The lowest BCUT2D eigenvalue weighted by Gasteiger charge is -2.42. The van der Waals surface area contributed by atoms with Crippen LogP contribution >= 0.6 is 15.9 Å². The number of hydrogen-bond donors (Lipinski definition) is 1. The molecule has 1 aliphatic heterocycles. The number of fused-ring (bicyclic) bond motifs is 3. The average Bonchev–Trinajstić information content (AvgIpc) is 3.18. The molecule has 4 unspecified atom stereocenters. The van der Waals surface area contributed by atoms with Crippen LogP contribution in [0.1, 0.15) is 63.4 Å². The number of carbonyl (C=O) groups is 4. The van der Waals surface area contributed by atoms with E-state index >= 15 is 0 Å². The zero-order valence-corrected chi connectivity index (χ0v) is 22.8. The molecule has 1 N–H and O–H groups in total. The second kappa shape index (κ2) is 9.63. The Hall–Kier alpha value is -3.00. The molecule has 38 heavy (non-hydrogen) atoms. The van der Waals surface area contributed by atoms with Crippen molar-refractivity contribution in [1.29, 1.82) is 0 Å². The average molecular weight is 580 g/mol. The summed E-state index contributed by atoms with van der Waals surface area (Å²) < 4.78 is 5.81. The maximum absolute atomic E-state index is 13.9. The summed E-state index contributed by atoms with van der Waals surface area (Å²) in [5.74, 6) is -2.77. The first-order valence-corrected chi connectivity index (χ1v) is 14.3. The summed E-state index contributed by atoms with van der Waals surface area (Å²) in [6.07, 6.45) is 8.70. The Morgan fingerprint density at radius 2 is 1.82 bits per heavy atom. The van der Waals surface area contributed by atoms with E-state index in [4.69, 9.17) is 4.74 Å². The Morgan fingerprint density at radius 3 is 2.55 bits per heavy atom. The van der Waals surface area contributed by atoms with Gasteiger partial charge in [0.1, 0.15) is 0 Å². The minimum absolute atomic E-state index is 0.0612. The summed E-state index contributed by atoms with van der Waals surface area (Å²) in [5, 5.41) is 11.2. The third-order valence-corrected chi connectivity index (χ3v) is 9.54. The van der Waals surface area contributed by atoms with Gasteiger partial charge in [-0.3, -0.25) is 24.1 Å². The molecule has 0 aromatic heterocycles. The quantitative estimate of drug-likeness (QED) is 0.310. The molecule has 1 heterocycles. The normalized spacial score (nSPS) is 29.6. The monoisotopic (exact) mass is 579 g/mol. The summed E-state index contributed by atoms with van der Waals surface area (Å²) in [6.45, 7) is 2.17. The van der Waals surface area contributed by atoms with Gasteiger partial charge < -0.3 is 9.84 Å². The number of amides is 2. The number of phenolic OH excluding ortho intramolecular Hbond substituents is 1. The van der Waals surface area contributed by atoms with Crippen LogP contribution in [0.25, 0.3) is 0 Å². The van der Waals surface area contributed by atoms with Gasteiger partial charge in [-0.15, -0.1) is 0 Å². The minimum atomic E-state index is -0.704. The van der Waals surface area contributed by atoms with Gasteiger partial charge in [0, 0.05) is 34.7 Å². The van der Waals surface area contributed by atoms with Gasteiger partial charge in [-0.2, -0.15) is 0 Å². The molecule has 5 aliphatic rings. The summed E-state index contributed by atoms with van der Waals surface area (Å²) >= 11 is 3.25. The Labute approximate surface area is 229 Å². The van der Waals surface area contributed by atoms with Gasteiger partial charge in [0.05, 0.1) is 22.9 Å². The van der Waals surface area contributed by atoms with Crippen LogP contribution in [0.5, 0.6) is 11.5 Å². The van der Waals surface area contributed by atoms with Gasteiger partial charge in [0.2, 0.25) is 11.8 Å². The van der Waals surface area contributed by atoms with E-state index < -0.39 is 23.7 Å². The first kappa shape index (κ1) is 25.3. The number of para-hydroxylation sites is 1. The van der Waals surface area contributed by atoms with E-state index in [9.17, 15) is 24.3 Å². The number of likely N-dealkylation sites (tertiary alicyclic amines) is 1. The Morgan fingerprint density at radius 1 is 1.05 bits per heavy atom. The van der Waals surface area contributed by atoms with Gasteiger partial charge in [-0.25, -0.2) is 0 Å². The summed E-state index contributed by atoms with van der Waals surface area (Å²) in [4.78, 5) is 55.8. The van der Waals surface area contributed by atoms with E-state index in [-0.39, 0.29) is 46.1 Å². The van der Waals surface area contributed by atoms with E-state index in [0.29, 0.717) is 35.5 Å². The van der Waals surface area contributed by atoms with Gasteiger partial charge in [0.25, 0.3) is 0 Å². The lowest BCUT2D eigenvalue weighted by molar-refractivity contribution is -0.143. The highest BCUT2D eigenvalue weighted by Crippen LogP contribution is 2.57. The van der Waals surface area contributed by atoms with Crippen molar-refractivity contribution in [1.82, 2.24) is 4.90 Å². The zero-order valence-electron chi connectivity index (χ0n) is 21.2. The molecule has 1 aromatic rings. The maximum atomic E-state index is 13.9. The van der Waals surface area contributed by atoms with Crippen molar-refractivity contribution in [3.63, 3.8) is 0 Å². The van der Waals surface area contributed by atoms with Gasteiger partial charge >= 0.3 is 0 Å². The van der Waals surface area contributed by atoms with Crippen molar-refractivity contribution < 1.29 is 29.0 Å². The van der Waals surface area contributed by atoms with Crippen molar-refractivity contribution in [2.45, 2.75) is 63.8 Å². The molecular formula is C30H30BrNO6. The number of aromatic hydroxyl groups is 1. The zero-order chi connectivity index (χ0) is 26.7. The van der Waals surface area contributed by atoms with E-state index in [2.05, 4.69) is 15.9 Å². The molecule has 0 bridgehead atoms. The highest BCUT2D eigenvalue weighted by molar-refractivity contribution is 9.12. The number of benzene rings is 1. The van der Waals surface area contributed by atoms with Crippen LogP contribution in [0.2, 0.25) is 0 Å². The Bertz CT molecular complexity index is 1350. The molecule has 1 saturated carbocycles. The van der Waals surface area contributed by atoms with Crippen LogP contribution in [-0.2, 0) is 19.2 Å². The summed E-state index contributed by atoms with van der Waals surface area (Å²) in [7, 11) is 0. The lowest BCUT2D eigenvalue weighted by atomic mass is 9.59. The third-order valence-electron chi connectivity index (χ3n) is 8.95. The number of nitrogens with zero attached hydrogens (tertiary/aromatic N) is 1. The smallest absolute Gasteiger partial charge is 0.233 e. The van der Waals surface area contributed by atoms with Crippen molar-refractivity contribution in [2.75, 3.05) is 6.61 Å². The van der Waals surface area contributed by atoms with Crippen molar-refractivity contribution in [2.24, 2.45) is 17.8 Å². The molecule has 0 spiro atoms. The Balaban J connectivity index is 1.48. The predicted octanol–water partition coefficient (Wildman–Crippen LogP) is 4.89. The number of ketones is 2. The molecule has 1 saturated heterocycles. The standard InChI is InChI=1S/C30H30BrNO6/c1-2-38-23-10-6-9-17(28(23)35)24-16-11-12-18-25(30(37)32(29(18)36)15-7-4-3-5-8-15)19(16)13-20-26(24)22(33)14-21(31)27(20)34/h6,9-11,14-15,18-19,24-25,35H,2-5,7-8,12-13H2,1H3. The molecule has 7 nitrogen and oxygen atoms in total. The van der Waals surface area contributed by atoms with Crippen LogP contribution in [0.15, 0.2) is 51.6 Å². The van der Waals surface area contributed by atoms with Crippen LogP contribution in [-0.4, -0.2) is 46.0 Å². The molecule has 2 fully saturated rings. The molecule has 4 atom stereocenters. The van der Waals surface area contributed by atoms with E-state index in [1.54, 1.807) is 18.2 Å². The second-order valence-electron chi connectivity index (χ2n) is 10.9. The first-order chi connectivity index (χ1) is 18.3. The fraction of sp³-hybridized carbons (Fsp3) is 0.467. The number of rotatable bonds is 4. The fourth-order valence-electron chi connectivity index (χ4n) is 7.33. The van der Waals surface area contributed by atoms with Crippen LogP contribution in [0, 0.1) is 17.8 Å². The molecule has 8 heteroatoms. The maximum Gasteiger partial charge on any atom is 0.233 e. The highest BCUT2D eigenvalue weighted by Gasteiger charge is 2.57. The predicted molar refractivity (Wildman–Crippen MR) is 143 cm³/mol. The number of imide groups is 1. The van der Waals surface area contributed by atoms with E-state index in [0.717, 1.165) is 37.7 Å². The van der Waals surface area contributed by atoms with Gasteiger partial charge in [0.15, 0.2) is 23.1 Å². The van der Waals surface area contributed by atoms with E-state index in [1.165, 1.54) is 11.0 Å². The number of allylic oxidation sites excluding steroid dienone is 6. The molecule has 4 aliphatic carbocycles. The highest BCUT2D eigenvalue weighted by atomic mass is 79.9. The molecule has 1 aromatic carbocycles. The molecule has 0 radical (unpaired) electrons. The second-order valence-corrected chi connectivity index (χ2v) is 11.7. The molecule has 6 rings (SSSR count). The number of carbonyl (C=O) groups excluding carboxylic acids is 4. The van der Waals surface area contributed by atoms with Crippen LogP contribution in [0.4, 0.5) is 0 Å². The number of halogens is 1. The van der Waals surface area contributed by atoms with Crippen LogP contribution in [0.3, 0.4) is 0 Å². The third kappa shape index (κ3) is 3.74.